The molecule has 0 saturated carbocycles. The summed E-state index contributed by atoms with van der Waals surface area (Å²) in [4.78, 5) is 0. The van der Waals surface area contributed by atoms with Crippen LogP contribution in [0.4, 0.5) is 0 Å². The normalized spacial score (nSPS) is 21.4. The van der Waals surface area contributed by atoms with E-state index in [0.717, 1.165) is 5.57 Å². The van der Waals surface area contributed by atoms with Gasteiger partial charge in [0.1, 0.15) is 6.07 Å². The fraction of sp³-hybridized carbons (Fsp3) is 0.273. The molecule has 0 aromatic carbocycles. The summed E-state index contributed by atoms with van der Waals surface area (Å²) < 4.78 is 10.7. The fourth-order valence-corrected chi connectivity index (χ4v) is 1.32. The second-order valence-electron chi connectivity index (χ2n) is 2.91. The summed E-state index contributed by atoms with van der Waals surface area (Å²) in [6, 6.07) is 2.04. The third-order valence-electron chi connectivity index (χ3n) is 1.95. The predicted octanol–water partition coefficient (Wildman–Crippen LogP) is 1.46. The first-order chi connectivity index (χ1) is 6.90. The molecule has 0 bridgehead atoms. The Labute approximate surface area is 82.2 Å². The van der Waals surface area contributed by atoms with Crippen molar-refractivity contribution in [3.05, 3.63) is 41.2 Å². The Kier molecular flexibility index (Phi) is 2.62. The number of hydrogen-bond donors (Lipinski definition) is 0. The molecule has 1 aliphatic heterocycles. The van der Waals surface area contributed by atoms with E-state index in [4.69, 9.17) is 14.7 Å². The van der Waals surface area contributed by atoms with Gasteiger partial charge in [-0.2, -0.15) is 5.26 Å². The van der Waals surface area contributed by atoms with Crippen LogP contribution >= 0.6 is 0 Å². The molecule has 1 heterocycles. The van der Waals surface area contributed by atoms with E-state index in [9.17, 15) is 0 Å². The zero-order chi connectivity index (χ0) is 9.80. The van der Waals surface area contributed by atoms with Crippen LogP contribution in [0.1, 0.15) is 0 Å². The van der Waals surface area contributed by atoms with Gasteiger partial charge in [-0.3, -0.25) is 0 Å². The summed E-state index contributed by atoms with van der Waals surface area (Å²) in [5, 5.41) is 8.75. The van der Waals surface area contributed by atoms with Gasteiger partial charge in [-0.1, -0.05) is 12.2 Å². The maximum atomic E-state index is 8.75. The van der Waals surface area contributed by atoms with Crippen LogP contribution in [0.25, 0.3) is 0 Å². The first kappa shape index (κ1) is 8.98. The molecule has 3 nitrogen and oxygen atoms in total. The molecule has 1 fully saturated rings. The molecule has 0 atom stereocenters. The Balaban J connectivity index is 2.24. The third-order valence-corrected chi connectivity index (χ3v) is 1.95. The molecular weight excluding hydrogens is 178 g/mol. The van der Waals surface area contributed by atoms with Gasteiger partial charge in [-0.15, -0.1) is 5.73 Å². The lowest BCUT2D eigenvalue weighted by Gasteiger charge is -2.08. The van der Waals surface area contributed by atoms with Crippen molar-refractivity contribution in [1.29, 1.82) is 5.26 Å². The van der Waals surface area contributed by atoms with Gasteiger partial charge < -0.3 is 9.47 Å². The van der Waals surface area contributed by atoms with Gasteiger partial charge in [0.05, 0.1) is 18.8 Å². The molecule has 0 N–H and O–H groups in total. The van der Waals surface area contributed by atoms with Crippen molar-refractivity contribution >= 4 is 0 Å². The van der Waals surface area contributed by atoms with Crippen molar-refractivity contribution in [2.75, 3.05) is 13.2 Å². The third kappa shape index (κ3) is 1.84. The summed E-state index contributed by atoms with van der Waals surface area (Å²) in [5.41, 5.74) is 4.19. The average Bonchev–Trinajstić information content (AvgIpc) is 2.63. The molecule has 0 aromatic rings. The smallest absolute Gasteiger partial charge is 0.184 e. The van der Waals surface area contributed by atoms with Crippen LogP contribution < -0.4 is 0 Å². The minimum Gasteiger partial charge on any atom is -0.346 e. The van der Waals surface area contributed by atoms with Gasteiger partial charge in [0.25, 0.3) is 0 Å². The minimum absolute atomic E-state index is 0.331. The van der Waals surface area contributed by atoms with Gasteiger partial charge in [-0.05, 0) is 12.2 Å². The number of nitrogens with zero attached hydrogens (tertiary/aromatic N) is 1. The Morgan fingerprint density at radius 3 is 2.93 bits per heavy atom. The molecule has 2 rings (SSSR count). The fourth-order valence-electron chi connectivity index (χ4n) is 1.32. The van der Waals surface area contributed by atoms with Crippen LogP contribution in [-0.2, 0) is 9.47 Å². The van der Waals surface area contributed by atoms with Crippen LogP contribution in [0.3, 0.4) is 0 Å². The molecule has 70 valence electrons. The number of ether oxygens (including phenoxy) is 2. The molecule has 0 amide bonds. The monoisotopic (exact) mass is 187 g/mol. The molecule has 2 aliphatic rings. The number of nitriles is 1. The summed E-state index contributed by atoms with van der Waals surface area (Å²) in [6.07, 6.45) is 6.80. The van der Waals surface area contributed by atoms with Crippen LogP contribution in [-0.4, -0.2) is 19.5 Å². The van der Waals surface area contributed by atoms with Gasteiger partial charge in [0.2, 0.25) is 0 Å². The second kappa shape index (κ2) is 4.08. The highest BCUT2D eigenvalue weighted by Crippen LogP contribution is 2.18. The quantitative estimate of drug-likeness (QED) is 0.583. The first-order valence-corrected chi connectivity index (χ1v) is 4.38. The average molecular weight is 187 g/mol. The Morgan fingerprint density at radius 2 is 2.21 bits per heavy atom. The number of hydrogen-bond acceptors (Lipinski definition) is 3. The molecule has 0 aromatic heterocycles. The topological polar surface area (TPSA) is 42.2 Å². The van der Waals surface area contributed by atoms with Crippen molar-refractivity contribution in [2.45, 2.75) is 6.29 Å². The molecule has 0 unspecified atom stereocenters. The first-order valence-electron chi connectivity index (χ1n) is 4.38. The van der Waals surface area contributed by atoms with Gasteiger partial charge in [-0.25, -0.2) is 0 Å². The zero-order valence-corrected chi connectivity index (χ0v) is 7.56. The number of allylic oxidation sites excluding steroid dienone is 3. The van der Waals surface area contributed by atoms with Crippen LogP contribution in [0.2, 0.25) is 0 Å². The van der Waals surface area contributed by atoms with E-state index >= 15 is 0 Å². The van der Waals surface area contributed by atoms with Gasteiger partial charge in [0.15, 0.2) is 6.29 Å². The lowest BCUT2D eigenvalue weighted by molar-refractivity contribution is -0.00832. The lowest BCUT2D eigenvalue weighted by Crippen LogP contribution is -2.09. The highest BCUT2D eigenvalue weighted by atomic mass is 16.7. The van der Waals surface area contributed by atoms with E-state index in [2.05, 4.69) is 5.73 Å². The van der Waals surface area contributed by atoms with Gasteiger partial charge in [0, 0.05) is 5.57 Å². The van der Waals surface area contributed by atoms with E-state index in [1.165, 1.54) is 0 Å². The molecule has 0 spiro atoms. The SMILES string of the molecule is N#CC1=C=CC=CC(C2OCCO2)=C1. The molecule has 14 heavy (non-hydrogen) atoms. The van der Waals surface area contributed by atoms with E-state index in [0.29, 0.717) is 18.8 Å². The van der Waals surface area contributed by atoms with Crippen molar-refractivity contribution < 1.29 is 9.47 Å². The van der Waals surface area contributed by atoms with Crippen LogP contribution in [0.15, 0.2) is 41.2 Å². The molecule has 3 heteroatoms. The maximum Gasteiger partial charge on any atom is 0.184 e. The van der Waals surface area contributed by atoms with E-state index in [1.54, 1.807) is 12.2 Å². The van der Waals surface area contributed by atoms with Crippen molar-refractivity contribution in [3.63, 3.8) is 0 Å². The van der Waals surface area contributed by atoms with Crippen molar-refractivity contribution in [3.8, 4) is 6.07 Å². The van der Waals surface area contributed by atoms with Crippen LogP contribution in [0, 0.1) is 11.3 Å². The number of rotatable bonds is 1. The van der Waals surface area contributed by atoms with E-state index in [-0.39, 0.29) is 6.29 Å². The summed E-state index contributed by atoms with van der Waals surface area (Å²) in [5.74, 6) is 0. The minimum atomic E-state index is -0.331. The van der Waals surface area contributed by atoms with Crippen molar-refractivity contribution in [1.82, 2.24) is 0 Å². The molecule has 1 saturated heterocycles. The second-order valence-corrected chi connectivity index (χ2v) is 2.91. The van der Waals surface area contributed by atoms with Crippen LogP contribution in [0.5, 0.6) is 0 Å². The molecule has 1 aliphatic carbocycles. The van der Waals surface area contributed by atoms with Crippen molar-refractivity contribution in [2.24, 2.45) is 0 Å². The van der Waals surface area contributed by atoms with E-state index < -0.39 is 0 Å². The summed E-state index contributed by atoms with van der Waals surface area (Å²) >= 11 is 0. The highest BCUT2D eigenvalue weighted by molar-refractivity contribution is 5.42. The Morgan fingerprint density at radius 1 is 1.43 bits per heavy atom. The Bertz CT molecular complexity index is 386. The van der Waals surface area contributed by atoms with Gasteiger partial charge >= 0.3 is 0 Å². The summed E-state index contributed by atoms with van der Waals surface area (Å²) in [7, 11) is 0. The zero-order valence-electron chi connectivity index (χ0n) is 7.56. The highest BCUT2D eigenvalue weighted by Gasteiger charge is 2.19. The Hall–Kier alpha value is -1.59. The predicted molar refractivity (Wildman–Crippen MR) is 50.1 cm³/mol. The standard InChI is InChI=1S/C11H9NO2/c12-8-9-3-1-2-4-10(7-9)11-13-5-6-14-11/h1-2,4,7,11H,5-6H2. The van der Waals surface area contributed by atoms with E-state index in [1.807, 2.05) is 18.2 Å². The molecular formula is C11H9NO2. The lowest BCUT2D eigenvalue weighted by atomic mass is 10.2. The maximum absolute atomic E-state index is 8.75. The molecule has 0 radical (unpaired) electrons. The summed E-state index contributed by atoms with van der Waals surface area (Å²) in [6.45, 7) is 1.21. The largest absolute Gasteiger partial charge is 0.346 e.